The highest BCUT2D eigenvalue weighted by Crippen LogP contribution is 2.48. The number of nitrogens with one attached hydrogen (secondary N) is 1. The summed E-state index contributed by atoms with van der Waals surface area (Å²) in [5.74, 6) is 1.51. The second-order valence-electron chi connectivity index (χ2n) is 12.9. The van der Waals surface area contributed by atoms with Crippen LogP contribution < -0.4 is 14.4 Å². The minimum Gasteiger partial charge on any atom is -0.490 e. The topological polar surface area (TPSA) is 61.8 Å². The minimum atomic E-state index is -0.651. The average molecular weight is 583 g/mol. The van der Waals surface area contributed by atoms with Crippen molar-refractivity contribution in [1.29, 1.82) is 0 Å². The van der Waals surface area contributed by atoms with Gasteiger partial charge in [-0.2, -0.15) is 0 Å². The minimum absolute atomic E-state index is 0.0423. The summed E-state index contributed by atoms with van der Waals surface area (Å²) >= 11 is 7.97. The van der Waals surface area contributed by atoms with Gasteiger partial charge in [-0.05, 0) is 124 Å². The third kappa shape index (κ3) is 5.48. The van der Waals surface area contributed by atoms with Crippen LogP contribution in [-0.4, -0.2) is 41.6 Å². The maximum absolute atomic E-state index is 13.3. The van der Waals surface area contributed by atoms with Crippen molar-refractivity contribution in [2.24, 2.45) is 11.8 Å². The Morgan fingerprint density at radius 2 is 2.00 bits per heavy atom. The van der Waals surface area contributed by atoms with Gasteiger partial charge >= 0.3 is 0 Å². The molecule has 1 spiro atoms. The second kappa shape index (κ2) is 11.4. The second-order valence-corrected chi connectivity index (χ2v) is 14.5. The quantitative estimate of drug-likeness (QED) is 0.345. The Bertz CT molecular complexity index is 1250. The first-order chi connectivity index (χ1) is 19.3. The van der Waals surface area contributed by atoms with E-state index in [2.05, 4.69) is 35.6 Å². The van der Waals surface area contributed by atoms with Crippen LogP contribution in [0.4, 0.5) is 5.69 Å². The molecular formula is C33H43ClN2O3S. The molecule has 5 nitrogen and oxygen atoms in total. The van der Waals surface area contributed by atoms with Crippen LogP contribution in [0.5, 0.6) is 5.75 Å². The van der Waals surface area contributed by atoms with E-state index in [9.17, 15) is 9.90 Å². The number of amides is 1. The van der Waals surface area contributed by atoms with Crippen molar-refractivity contribution in [2.75, 3.05) is 24.6 Å². The zero-order valence-electron chi connectivity index (χ0n) is 23.9. The Hall–Kier alpha value is -1.89. The molecule has 2 bridgehead atoms. The lowest BCUT2D eigenvalue weighted by Gasteiger charge is -2.49. The van der Waals surface area contributed by atoms with Gasteiger partial charge in [0.25, 0.3) is 5.91 Å². The molecule has 0 radical (unpaired) electrons. The van der Waals surface area contributed by atoms with Crippen LogP contribution in [0.15, 0.2) is 36.4 Å². The maximum atomic E-state index is 13.3. The highest BCUT2D eigenvalue weighted by Gasteiger charge is 2.46. The molecule has 1 amide bonds. The van der Waals surface area contributed by atoms with Crippen LogP contribution in [0, 0.1) is 11.8 Å². The van der Waals surface area contributed by atoms with E-state index >= 15 is 0 Å². The molecular weight excluding hydrogens is 540 g/mol. The number of hydrogen-bond acceptors (Lipinski definition) is 5. The molecule has 2 aromatic rings. The van der Waals surface area contributed by atoms with Gasteiger partial charge < -0.3 is 14.7 Å². The highest BCUT2D eigenvalue weighted by atomic mass is 35.5. The Kier molecular flexibility index (Phi) is 8.06. The van der Waals surface area contributed by atoms with E-state index in [0.717, 1.165) is 93.8 Å². The molecule has 2 aliphatic carbocycles. The van der Waals surface area contributed by atoms with Crippen LogP contribution in [0.3, 0.4) is 0 Å². The Balaban J connectivity index is 1.39. The summed E-state index contributed by atoms with van der Waals surface area (Å²) in [6.07, 6.45) is 10.4. The van der Waals surface area contributed by atoms with Crippen LogP contribution >= 0.6 is 23.5 Å². The van der Waals surface area contributed by atoms with E-state index in [1.54, 1.807) is 11.9 Å². The molecule has 2 aromatic carbocycles. The summed E-state index contributed by atoms with van der Waals surface area (Å²) < 4.78 is 9.76. The summed E-state index contributed by atoms with van der Waals surface area (Å²) in [7, 11) is 0. The zero-order valence-corrected chi connectivity index (χ0v) is 25.5. The molecule has 40 heavy (non-hydrogen) atoms. The summed E-state index contributed by atoms with van der Waals surface area (Å²) in [5.41, 5.74) is 3.55. The number of nitrogens with zero attached hydrogens (tertiary/aromatic N) is 1. The van der Waals surface area contributed by atoms with Gasteiger partial charge in [-0.3, -0.25) is 9.52 Å². The fraction of sp³-hybridized carbons (Fsp3) is 0.606. The van der Waals surface area contributed by atoms with Crippen molar-refractivity contribution in [1.82, 2.24) is 4.72 Å². The number of aryl methyl sites for hydroxylation is 1. The lowest BCUT2D eigenvalue weighted by Crippen LogP contribution is -2.52. The Morgan fingerprint density at radius 1 is 1.12 bits per heavy atom. The first kappa shape index (κ1) is 28.2. The lowest BCUT2D eigenvalue weighted by molar-refractivity contribution is -0.0743. The van der Waals surface area contributed by atoms with Crippen molar-refractivity contribution in [3.05, 3.63) is 58.1 Å². The molecule has 1 fully saturated rings. The number of aliphatic hydroxyl groups is 1. The third-order valence-electron chi connectivity index (χ3n) is 10.2. The number of hydrogen-bond donors (Lipinski definition) is 2. The summed E-state index contributed by atoms with van der Waals surface area (Å²) in [4.78, 5) is 15.8. The van der Waals surface area contributed by atoms with Gasteiger partial charge in [0, 0.05) is 34.3 Å². The molecule has 0 saturated heterocycles. The molecule has 216 valence electrons. The van der Waals surface area contributed by atoms with Gasteiger partial charge in [0.05, 0.1) is 17.9 Å². The van der Waals surface area contributed by atoms with Crippen molar-refractivity contribution in [3.63, 3.8) is 0 Å². The molecule has 1 saturated carbocycles. The van der Waals surface area contributed by atoms with E-state index in [1.807, 2.05) is 24.3 Å². The number of halogens is 1. The molecule has 6 rings (SSSR count). The number of ether oxygens (including phenoxy) is 1. The Morgan fingerprint density at radius 3 is 2.80 bits per heavy atom. The standard InChI is InChI=1S/C33H43ClN2O3S/c1-3-26-8-4-5-15-32(2,38)27-12-9-24(27)19-36-20-33(16-6-7-22-17-25(34)11-13-28(22)33)21-39-30-14-10-23(18-29(30)36)31(37)35-40-26/h10-11,13-14,17-18,24,26-27,38H,3-9,12,15-16,19-21H2,1-2H3,(H,35,37)/t24?,26?,27?,32-,33-/m0/s1. The number of benzene rings is 2. The maximum Gasteiger partial charge on any atom is 0.261 e. The number of anilines is 1. The fourth-order valence-corrected chi connectivity index (χ4v) is 8.76. The average Bonchev–Trinajstić information content (AvgIpc) is 3.06. The largest absolute Gasteiger partial charge is 0.490 e. The predicted octanol–water partition coefficient (Wildman–Crippen LogP) is 7.32. The molecule has 5 atom stereocenters. The highest BCUT2D eigenvalue weighted by molar-refractivity contribution is 7.98. The number of fused-ring (bicyclic) bond motifs is 4. The summed E-state index contributed by atoms with van der Waals surface area (Å²) in [6, 6.07) is 12.3. The van der Waals surface area contributed by atoms with Crippen LogP contribution in [0.2, 0.25) is 5.02 Å². The van der Waals surface area contributed by atoms with Gasteiger partial charge in [-0.15, -0.1) is 0 Å². The molecule has 2 N–H and O–H groups in total. The number of carbonyl (C=O) groups excluding carboxylic acids is 1. The van der Waals surface area contributed by atoms with E-state index in [-0.39, 0.29) is 11.3 Å². The van der Waals surface area contributed by atoms with Gasteiger partial charge in [-0.1, -0.05) is 37.4 Å². The van der Waals surface area contributed by atoms with E-state index in [0.29, 0.717) is 29.3 Å². The fourth-order valence-electron chi connectivity index (χ4n) is 7.73. The monoisotopic (exact) mass is 582 g/mol. The molecule has 7 heteroatoms. The first-order valence-electron chi connectivity index (χ1n) is 15.3. The van der Waals surface area contributed by atoms with Gasteiger partial charge in [0.1, 0.15) is 5.75 Å². The summed E-state index contributed by atoms with van der Waals surface area (Å²) in [5, 5.41) is 12.8. The first-order valence-corrected chi connectivity index (χ1v) is 16.5. The molecule has 3 unspecified atom stereocenters. The molecule has 2 aliphatic heterocycles. The normalized spacial score (nSPS) is 32.6. The van der Waals surface area contributed by atoms with Crippen LogP contribution in [0.25, 0.3) is 0 Å². The predicted molar refractivity (Wildman–Crippen MR) is 165 cm³/mol. The zero-order chi connectivity index (χ0) is 27.9. The van der Waals surface area contributed by atoms with Crippen LogP contribution in [0.1, 0.15) is 93.1 Å². The molecule has 4 aliphatic rings. The van der Waals surface area contributed by atoms with Gasteiger partial charge in [0.15, 0.2) is 0 Å². The lowest BCUT2D eigenvalue weighted by atomic mass is 9.63. The number of carbonyl (C=O) groups is 1. The smallest absolute Gasteiger partial charge is 0.261 e. The molecule has 2 heterocycles. The van der Waals surface area contributed by atoms with E-state index in [4.69, 9.17) is 16.3 Å². The third-order valence-corrected chi connectivity index (χ3v) is 11.6. The van der Waals surface area contributed by atoms with E-state index in [1.165, 1.54) is 11.1 Å². The number of rotatable bonds is 1. The summed E-state index contributed by atoms with van der Waals surface area (Å²) in [6.45, 7) is 6.55. The molecule has 0 aromatic heterocycles. The van der Waals surface area contributed by atoms with E-state index < -0.39 is 5.60 Å². The van der Waals surface area contributed by atoms with Gasteiger partial charge in [0.2, 0.25) is 0 Å². The van der Waals surface area contributed by atoms with Crippen molar-refractivity contribution in [2.45, 2.75) is 94.3 Å². The van der Waals surface area contributed by atoms with Crippen molar-refractivity contribution < 1.29 is 14.6 Å². The van der Waals surface area contributed by atoms with Crippen molar-refractivity contribution >= 4 is 35.1 Å². The van der Waals surface area contributed by atoms with Crippen LogP contribution in [-0.2, 0) is 11.8 Å². The Labute approximate surface area is 248 Å². The van der Waals surface area contributed by atoms with Crippen molar-refractivity contribution in [3.8, 4) is 5.75 Å². The SMILES string of the molecule is CCC1CCCC[C@](C)(O)C2CCC2CN2C[C@@]3(CCCc4cc(Cl)ccc43)COc3ccc(cc32)C(=O)NS1. The van der Waals surface area contributed by atoms with Gasteiger partial charge in [-0.25, -0.2) is 0 Å².